The van der Waals surface area contributed by atoms with Gasteiger partial charge < -0.3 is 10.6 Å². The normalized spacial score (nSPS) is 12.8. The van der Waals surface area contributed by atoms with Gasteiger partial charge in [0.25, 0.3) is 0 Å². The van der Waals surface area contributed by atoms with Crippen molar-refractivity contribution in [1.82, 2.24) is 15.6 Å². The molecule has 0 atom stereocenters. The summed E-state index contributed by atoms with van der Waals surface area (Å²) in [6.07, 6.45) is -2.32. The van der Waals surface area contributed by atoms with E-state index in [2.05, 4.69) is 34.5 Å². The number of rotatable bonds is 6. The number of hydrogen-bond donors (Lipinski definition) is 2. The average molecular weight is 322 g/mol. The SMILES string of the molecule is CN=C(NCCC(F)(F)F)NCc1cnc(CC(C)C)s1. The van der Waals surface area contributed by atoms with Gasteiger partial charge in [-0.25, -0.2) is 4.98 Å². The molecule has 0 bridgehead atoms. The van der Waals surface area contributed by atoms with E-state index >= 15 is 0 Å². The third-order valence-electron chi connectivity index (χ3n) is 2.54. The topological polar surface area (TPSA) is 49.3 Å². The Hall–Kier alpha value is -1.31. The lowest BCUT2D eigenvalue weighted by molar-refractivity contribution is -0.132. The van der Waals surface area contributed by atoms with Gasteiger partial charge in [0.1, 0.15) is 0 Å². The van der Waals surface area contributed by atoms with E-state index in [0.717, 1.165) is 16.3 Å². The summed E-state index contributed by atoms with van der Waals surface area (Å²) in [5.41, 5.74) is 0. The second-order valence-electron chi connectivity index (χ2n) is 5.04. The van der Waals surface area contributed by atoms with E-state index in [-0.39, 0.29) is 6.54 Å². The van der Waals surface area contributed by atoms with Gasteiger partial charge in [0, 0.05) is 31.1 Å². The second-order valence-corrected chi connectivity index (χ2v) is 6.24. The molecule has 1 rings (SSSR count). The Labute approximate surface area is 126 Å². The predicted octanol–water partition coefficient (Wildman–Crippen LogP) is 2.96. The molecule has 0 fully saturated rings. The first-order valence-electron chi connectivity index (χ1n) is 6.75. The molecule has 4 nitrogen and oxygen atoms in total. The first kappa shape index (κ1) is 17.7. The van der Waals surface area contributed by atoms with Crippen LogP contribution < -0.4 is 10.6 Å². The third kappa shape index (κ3) is 7.89. The highest BCUT2D eigenvalue weighted by Crippen LogP contribution is 2.18. The molecule has 0 aliphatic rings. The van der Waals surface area contributed by atoms with E-state index in [1.54, 1.807) is 17.5 Å². The Balaban J connectivity index is 2.36. The molecule has 21 heavy (non-hydrogen) atoms. The lowest BCUT2D eigenvalue weighted by Gasteiger charge is -2.12. The molecule has 120 valence electrons. The van der Waals surface area contributed by atoms with Crippen LogP contribution in [-0.4, -0.2) is 30.7 Å². The minimum Gasteiger partial charge on any atom is -0.356 e. The van der Waals surface area contributed by atoms with Crippen molar-refractivity contribution in [3.05, 3.63) is 16.1 Å². The summed E-state index contributed by atoms with van der Waals surface area (Å²) in [6, 6.07) is 0. The Bertz CT molecular complexity index is 455. The third-order valence-corrected chi connectivity index (χ3v) is 3.56. The summed E-state index contributed by atoms with van der Waals surface area (Å²) >= 11 is 1.61. The highest BCUT2D eigenvalue weighted by molar-refractivity contribution is 7.11. The molecular formula is C13H21F3N4S. The predicted molar refractivity (Wildman–Crippen MR) is 79.5 cm³/mol. The highest BCUT2D eigenvalue weighted by atomic mass is 32.1. The Kier molecular flexibility index (Phi) is 6.94. The van der Waals surface area contributed by atoms with Gasteiger partial charge in [-0.15, -0.1) is 11.3 Å². The fraction of sp³-hybridized carbons (Fsp3) is 0.692. The van der Waals surface area contributed by atoms with Gasteiger partial charge in [0.15, 0.2) is 5.96 Å². The molecule has 0 saturated carbocycles. The molecule has 1 heterocycles. The van der Waals surface area contributed by atoms with E-state index in [0.29, 0.717) is 18.4 Å². The number of aliphatic imine (C=N–C) groups is 1. The molecule has 8 heteroatoms. The van der Waals surface area contributed by atoms with Crippen LogP contribution in [0.25, 0.3) is 0 Å². The lowest BCUT2D eigenvalue weighted by Crippen LogP contribution is -2.38. The van der Waals surface area contributed by atoms with Gasteiger partial charge in [0.05, 0.1) is 18.0 Å². The molecule has 0 aromatic carbocycles. The van der Waals surface area contributed by atoms with E-state index in [1.165, 1.54) is 7.05 Å². The van der Waals surface area contributed by atoms with E-state index in [1.807, 2.05) is 0 Å². The van der Waals surface area contributed by atoms with Crippen molar-refractivity contribution in [1.29, 1.82) is 0 Å². The van der Waals surface area contributed by atoms with Crippen molar-refractivity contribution < 1.29 is 13.2 Å². The van der Waals surface area contributed by atoms with Crippen LogP contribution in [0.2, 0.25) is 0 Å². The summed E-state index contributed by atoms with van der Waals surface area (Å²) in [6.45, 7) is 4.57. The second kappa shape index (κ2) is 8.21. The summed E-state index contributed by atoms with van der Waals surface area (Å²) in [5, 5.41) is 6.69. The summed E-state index contributed by atoms with van der Waals surface area (Å²) in [7, 11) is 1.53. The fourth-order valence-corrected chi connectivity index (χ4v) is 2.66. The van der Waals surface area contributed by atoms with Gasteiger partial charge in [-0.05, 0) is 5.92 Å². The molecule has 0 aliphatic heterocycles. The standard InChI is InChI=1S/C13H21F3N4S/c1-9(2)6-11-19-7-10(21-11)8-20-12(17-3)18-5-4-13(14,15)16/h7,9H,4-6,8H2,1-3H3,(H2,17,18,20). The first-order valence-corrected chi connectivity index (χ1v) is 7.56. The number of nitrogens with one attached hydrogen (secondary N) is 2. The molecule has 1 aromatic rings. The molecule has 0 radical (unpaired) electrons. The number of alkyl halides is 3. The maximum absolute atomic E-state index is 12.1. The monoisotopic (exact) mass is 322 g/mol. The smallest absolute Gasteiger partial charge is 0.356 e. The molecule has 0 spiro atoms. The molecule has 0 aliphatic carbocycles. The molecule has 2 N–H and O–H groups in total. The quantitative estimate of drug-likeness (QED) is 0.625. The summed E-state index contributed by atoms with van der Waals surface area (Å²) in [4.78, 5) is 9.25. The Morgan fingerprint density at radius 2 is 2.10 bits per heavy atom. The van der Waals surface area contributed by atoms with Crippen LogP contribution in [0.1, 0.15) is 30.2 Å². The largest absolute Gasteiger partial charge is 0.390 e. The molecular weight excluding hydrogens is 301 g/mol. The molecule has 0 unspecified atom stereocenters. The van der Waals surface area contributed by atoms with Crippen molar-refractivity contribution in [3.8, 4) is 0 Å². The Morgan fingerprint density at radius 3 is 2.67 bits per heavy atom. The highest BCUT2D eigenvalue weighted by Gasteiger charge is 2.26. The van der Waals surface area contributed by atoms with Gasteiger partial charge in [-0.1, -0.05) is 13.8 Å². The maximum atomic E-state index is 12.1. The number of nitrogens with zero attached hydrogens (tertiary/aromatic N) is 2. The number of guanidine groups is 1. The van der Waals surface area contributed by atoms with E-state index in [9.17, 15) is 13.2 Å². The van der Waals surface area contributed by atoms with Crippen molar-refractivity contribution in [2.75, 3.05) is 13.6 Å². The van der Waals surface area contributed by atoms with Crippen molar-refractivity contribution in [3.63, 3.8) is 0 Å². The van der Waals surface area contributed by atoms with Crippen molar-refractivity contribution in [2.24, 2.45) is 10.9 Å². The number of aromatic nitrogens is 1. The number of thiazole rings is 1. The number of hydrogen-bond acceptors (Lipinski definition) is 3. The minimum atomic E-state index is -4.16. The van der Waals surface area contributed by atoms with Crippen LogP contribution in [-0.2, 0) is 13.0 Å². The van der Waals surface area contributed by atoms with Crippen LogP contribution in [0.15, 0.2) is 11.2 Å². The minimum absolute atomic E-state index is 0.190. The maximum Gasteiger partial charge on any atom is 0.390 e. The zero-order chi connectivity index (χ0) is 15.9. The first-order chi connectivity index (χ1) is 9.80. The average Bonchev–Trinajstić information content (AvgIpc) is 2.78. The van der Waals surface area contributed by atoms with E-state index in [4.69, 9.17) is 0 Å². The van der Waals surface area contributed by atoms with Crippen LogP contribution in [0.3, 0.4) is 0 Å². The molecule has 1 aromatic heterocycles. The van der Waals surface area contributed by atoms with Gasteiger partial charge in [-0.2, -0.15) is 13.2 Å². The van der Waals surface area contributed by atoms with E-state index < -0.39 is 12.6 Å². The van der Waals surface area contributed by atoms with Crippen LogP contribution in [0.4, 0.5) is 13.2 Å². The summed E-state index contributed by atoms with van der Waals surface area (Å²) < 4.78 is 36.2. The fourth-order valence-electron chi connectivity index (χ4n) is 1.59. The molecule has 0 saturated heterocycles. The zero-order valence-corrected chi connectivity index (χ0v) is 13.2. The van der Waals surface area contributed by atoms with Crippen LogP contribution >= 0.6 is 11.3 Å². The van der Waals surface area contributed by atoms with Crippen molar-refractivity contribution >= 4 is 17.3 Å². The molecule has 0 amide bonds. The van der Waals surface area contributed by atoms with Crippen LogP contribution in [0.5, 0.6) is 0 Å². The van der Waals surface area contributed by atoms with Crippen LogP contribution in [0, 0.1) is 5.92 Å². The summed E-state index contributed by atoms with van der Waals surface area (Å²) in [5.74, 6) is 0.909. The zero-order valence-electron chi connectivity index (χ0n) is 12.4. The van der Waals surface area contributed by atoms with Gasteiger partial charge in [-0.3, -0.25) is 4.99 Å². The lowest BCUT2D eigenvalue weighted by atomic mass is 10.1. The van der Waals surface area contributed by atoms with Crippen molar-refractivity contribution in [2.45, 2.75) is 39.4 Å². The number of halogens is 3. The van der Waals surface area contributed by atoms with Gasteiger partial charge >= 0.3 is 6.18 Å². The van der Waals surface area contributed by atoms with Gasteiger partial charge in [0.2, 0.25) is 0 Å². The Morgan fingerprint density at radius 1 is 1.38 bits per heavy atom.